The van der Waals surface area contributed by atoms with Gasteiger partial charge in [0.05, 0.1) is 22.6 Å². The number of hydrazine groups is 1. The van der Waals surface area contributed by atoms with Crippen LogP contribution in [0.1, 0.15) is 85.5 Å². The Labute approximate surface area is 261 Å². The van der Waals surface area contributed by atoms with Crippen LogP contribution < -0.4 is 15.3 Å². The summed E-state index contributed by atoms with van der Waals surface area (Å²) >= 11 is 0. The second-order valence-corrected chi connectivity index (χ2v) is 16.9. The number of nitrogens with one attached hydrogen (secondary N) is 2. The van der Waals surface area contributed by atoms with Crippen molar-refractivity contribution in [2.75, 3.05) is 26.7 Å². The summed E-state index contributed by atoms with van der Waals surface area (Å²) in [7, 11) is -6.40. The molecule has 0 aliphatic heterocycles. The molecule has 2 aliphatic rings. The van der Waals surface area contributed by atoms with Crippen LogP contribution in [0.2, 0.25) is 0 Å². The van der Waals surface area contributed by atoms with Gasteiger partial charge in [0.1, 0.15) is 12.3 Å². The van der Waals surface area contributed by atoms with E-state index in [4.69, 9.17) is 5.14 Å². The minimum atomic E-state index is -4.08. The minimum absolute atomic E-state index is 0.00390. The number of carbonyl (C=O) groups excluding carboxylic acids is 2. The van der Waals surface area contributed by atoms with E-state index in [1.54, 1.807) is 4.90 Å². The molecule has 0 spiro atoms. The predicted octanol–water partition coefficient (Wildman–Crippen LogP) is 1.60. The lowest BCUT2D eigenvalue weighted by Crippen LogP contribution is -2.54. The van der Waals surface area contributed by atoms with Crippen LogP contribution in [-0.4, -0.2) is 105 Å². The highest BCUT2D eigenvalue weighted by molar-refractivity contribution is 7.90. The van der Waals surface area contributed by atoms with Gasteiger partial charge < -0.3 is 15.3 Å². The van der Waals surface area contributed by atoms with Crippen molar-refractivity contribution in [1.82, 2.24) is 20.1 Å². The Morgan fingerprint density at radius 3 is 1.98 bits per heavy atom. The zero-order chi connectivity index (χ0) is 33.4. The van der Waals surface area contributed by atoms with Crippen molar-refractivity contribution in [1.29, 1.82) is 0 Å². The number of sulfonamides is 2. The first-order valence-corrected chi connectivity index (χ1v) is 18.8. The smallest absolute Gasteiger partial charge is 0.226 e. The maximum atomic E-state index is 14.2. The van der Waals surface area contributed by atoms with Gasteiger partial charge in [-0.25, -0.2) is 35.8 Å². The molecular weight excluding hydrogens is 620 g/mol. The third-order valence-corrected chi connectivity index (χ3v) is 11.7. The molecule has 2 saturated carbocycles. The second kappa shape index (κ2) is 16.9. The topological polar surface area (TPSA) is 179 Å². The Balaban J connectivity index is 2.30. The number of rotatable bonds is 16. The summed E-state index contributed by atoms with van der Waals surface area (Å²) in [6, 6.07) is -1.03. The quantitative estimate of drug-likeness (QED) is 0.178. The first kappa shape index (κ1) is 38.7. The van der Waals surface area contributed by atoms with Gasteiger partial charge in [-0.3, -0.25) is 9.59 Å². The monoisotopic (exact) mass is 673 g/mol. The summed E-state index contributed by atoms with van der Waals surface area (Å²) in [5.74, 6) is -3.01. The molecule has 2 aliphatic carbocycles. The number of aliphatic hydroxyl groups is 1. The fourth-order valence-electron chi connectivity index (χ4n) is 6.30. The van der Waals surface area contributed by atoms with Crippen LogP contribution in [0.3, 0.4) is 0 Å². The Kier molecular flexibility index (Phi) is 14.9. The SMILES string of the molecule is CCCN(CCC)C(=O)C1CC(C(=O)NC(CC2CC(F)CC(F)C2)C(O)CN(C)NS(=O)(=O)C(C)C)CC(S(N)(=O)=O)C1. The number of nitrogens with zero attached hydrogens (tertiary/aromatic N) is 2. The maximum Gasteiger partial charge on any atom is 0.226 e. The fourth-order valence-corrected chi connectivity index (χ4v) is 8.02. The van der Waals surface area contributed by atoms with E-state index < -0.39 is 78.7 Å². The number of alkyl halides is 2. The number of carbonyl (C=O) groups is 2. The lowest BCUT2D eigenvalue weighted by molar-refractivity contribution is -0.138. The van der Waals surface area contributed by atoms with Crippen LogP contribution in [0.4, 0.5) is 8.78 Å². The van der Waals surface area contributed by atoms with Gasteiger partial charge in [0, 0.05) is 44.9 Å². The number of hydrogen-bond donors (Lipinski definition) is 4. The summed E-state index contributed by atoms with van der Waals surface area (Å²) in [4.78, 5) is 31.1. The van der Waals surface area contributed by atoms with Crippen molar-refractivity contribution in [2.45, 2.75) is 120 Å². The van der Waals surface area contributed by atoms with Gasteiger partial charge in [0.2, 0.25) is 31.9 Å². The molecule has 44 heavy (non-hydrogen) atoms. The van der Waals surface area contributed by atoms with Crippen molar-refractivity contribution in [3.05, 3.63) is 0 Å². The molecule has 0 radical (unpaired) electrons. The Morgan fingerprint density at radius 1 is 0.932 bits per heavy atom. The maximum absolute atomic E-state index is 14.2. The van der Waals surface area contributed by atoms with E-state index in [2.05, 4.69) is 10.1 Å². The highest BCUT2D eigenvalue weighted by Gasteiger charge is 2.42. The Hall–Kier alpha value is -1.46. The van der Waals surface area contributed by atoms with Gasteiger partial charge in [-0.1, -0.05) is 13.8 Å². The van der Waals surface area contributed by atoms with E-state index in [1.807, 2.05) is 13.8 Å². The lowest BCUT2D eigenvalue weighted by Gasteiger charge is -2.37. The van der Waals surface area contributed by atoms with E-state index in [1.165, 1.54) is 25.9 Å². The number of amides is 2. The molecule has 16 heteroatoms. The first-order valence-electron chi connectivity index (χ1n) is 15.7. The normalized spacial score (nSPS) is 28.1. The number of primary sulfonamides is 1. The molecule has 0 bridgehead atoms. The molecule has 0 heterocycles. The zero-order valence-corrected chi connectivity index (χ0v) is 28.3. The van der Waals surface area contributed by atoms with Crippen molar-refractivity contribution < 1.29 is 40.3 Å². The minimum Gasteiger partial charge on any atom is -0.390 e. The molecule has 7 atom stereocenters. The van der Waals surface area contributed by atoms with Crippen LogP contribution >= 0.6 is 0 Å². The van der Waals surface area contributed by atoms with E-state index in [0.29, 0.717) is 25.9 Å². The van der Waals surface area contributed by atoms with Crippen LogP contribution in [0.5, 0.6) is 0 Å². The molecule has 2 amide bonds. The van der Waals surface area contributed by atoms with Crippen LogP contribution in [0, 0.1) is 17.8 Å². The molecule has 12 nitrogen and oxygen atoms in total. The summed E-state index contributed by atoms with van der Waals surface area (Å²) in [5.41, 5.74) is 0. The number of nitrogens with two attached hydrogens (primary N) is 1. The first-order chi connectivity index (χ1) is 20.4. The highest BCUT2D eigenvalue weighted by atomic mass is 32.2. The van der Waals surface area contributed by atoms with Crippen molar-refractivity contribution in [3.8, 4) is 0 Å². The van der Waals surface area contributed by atoms with Gasteiger partial charge >= 0.3 is 0 Å². The average Bonchev–Trinajstić information content (AvgIpc) is 2.90. The van der Waals surface area contributed by atoms with E-state index >= 15 is 0 Å². The molecule has 7 unspecified atom stereocenters. The van der Waals surface area contributed by atoms with E-state index in [0.717, 1.165) is 0 Å². The van der Waals surface area contributed by atoms with Gasteiger partial charge in [0.15, 0.2) is 0 Å². The summed E-state index contributed by atoms with van der Waals surface area (Å²) in [5, 5.41) is 18.7. The third kappa shape index (κ3) is 11.7. The summed E-state index contributed by atoms with van der Waals surface area (Å²) < 4.78 is 77.9. The third-order valence-electron chi connectivity index (χ3n) is 8.58. The summed E-state index contributed by atoms with van der Waals surface area (Å²) in [6.07, 6.45) is -2.79. The molecule has 258 valence electrons. The Bertz CT molecular complexity index is 1150. The van der Waals surface area contributed by atoms with Crippen LogP contribution in [-0.2, 0) is 29.6 Å². The molecule has 5 N–H and O–H groups in total. The largest absolute Gasteiger partial charge is 0.390 e. The van der Waals surface area contributed by atoms with Gasteiger partial charge in [-0.2, -0.15) is 0 Å². The van der Waals surface area contributed by atoms with E-state index in [9.17, 15) is 40.3 Å². The van der Waals surface area contributed by atoms with Crippen molar-refractivity contribution in [2.24, 2.45) is 22.9 Å². The lowest BCUT2D eigenvalue weighted by atomic mass is 9.79. The second-order valence-electron chi connectivity index (χ2n) is 12.9. The van der Waals surface area contributed by atoms with Crippen molar-refractivity contribution >= 4 is 31.9 Å². The number of aliphatic hydroxyl groups excluding tert-OH is 1. The number of hydrogen-bond acceptors (Lipinski definition) is 8. The van der Waals surface area contributed by atoms with Gasteiger partial charge in [-0.05, 0) is 71.1 Å². The molecule has 0 aromatic carbocycles. The van der Waals surface area contributed by atoms with Gasteiger partial charge in [0.25, 0.3) is 0 Å². The Morgan fingerprint density at radius 2 is 1.48 bits per heavy atom. The average molecular weight is 674 g/mol. The zero-order valence-electron chi connectivity index (χ0n) is 26.6. The number of halogens is 2. The summed E-state index contributed by atoms with van der Waals surface area (Å²) in [6.45, 7) is 7.57. The standard InChI is InChI=1S/C28H53F2N5O7S2/c1-6-8-35(9-7-2)28(38)21-13-20(14-24(15-21)43(31,39)40)27(37)32-25(12-19-10-22(29)16-23(30)11-19)26(36)17-34(5)33-44(41,42)18(3)4/h18-26,33,36H,6-17H2,1-5H3,(H,32,37)(H2,31,39,40). The van der Waals surface area contributed by atoms with Crippen LogP contribution in [0.15, 0.2) is 0 Å². The molecule has 2 rings (SSSR count). The number of likely N-dealkylation sites (N-methyl/N-ethyl adjacent to an activating group) is 1. The predicted molar refractivity (Wildman–Crippen MR) is 164 cm³/mol. The van der Waals surface area contributed by atoms with Crippen molar-refractivity contribution in [3.63, 3.8) is 0 Å². The fraction of sp³-hybridized carbons (Fsp3) is 0.929. The molecule has 0 saturated heterocycles. The highest BCUT2D eigenvalue weighted by Crippen LogP contribution is 2.35. The molecular formula is C28H53F2N5O7S2. The molecule has 2 fully saturated rings. The molecule has 0 aromatic heterocycles. The van der Waals surface area contributed by atoms with Crippen LogP contribution in [0.25, 0.3) is 0 Å². The van der Waals surface area contributed by atoms with E-state index in [-0.39, 0.29) is 57.4 Å². The molecule has 0 aromatic rings. The van der Waals surface area contributed by atoms with Gasteiger partial charge in [-0.15, -0.1) is 4.83 Å².